The van der Waals surface area contributed by atoms with Gasteiger partial charge in [0.25, 0.3) is 0 Å². The number of hydrogen-bond donors (Lipinski definition) is 0. The first kappa shape index (κ1) is 31.4. The van der Waals surface area contributed by atoms with Crippen molar-refractivity contribution in [2.75, 3.05) is 23.9 Å². The Kier molecular flexibility index (Phi) is 9.83. The zero-order valence-corrected chi connectivity index (χ0v) is 25.2. The molecule has 11 nitrogen and oxygen atoms in total. The Bertz CT molecular complexity index is 1350. The van der Waals surface area contributed by atoms with Crippen LogP contribution in [0.2, 0.25) is 0 Å². The summed E-state index contributed by atoms with van der Waals surface area (Å²) in [5.74, 6) is -1.76. The van der Waals surface area contributed by atoms with Gasteiger partial charge in [-0.05, 0) is 24.8 Å². The van der Waals surface area contributed by atoms with Gasteiger partial charge < -0.3 is 33.3 Å². The molecule has 0 saturated carbocycles. The average Bonchev–Trinajstić information content (AvgIpc) is 3.29. The van der Waals surface area contributed by atoms with E-state index in [2.05, 4.69) is 18.7 Å². The Morgan fingerprint density at radius 1 is 0.905 bits per heavy atom. The highest BCUT2D eigenvalue weighted by Crippen LogP contribution is 2.47. The minimum absolute atomic E-state index is 0.105. The lowest BCUT2D eigenvalue weighted by atomic mass is 9.95. The molecule has 0 bridgehead atoms. The van der Waals surface area contributed by atoms with Crippen molar-refractivity contribution in [3.05, 3.63) is 35.9 Å². The van der Waals surface area contributed by atoms with Crippen LogP contribution in [0.3, 0.4) is 0 Å². The van der Waals surface area contributed by atoms with Gasteiger partial charge in [0, 0.05) is 69.2 Å². The first-order chi connectivity index (χ1) is 19.9. The van der Waals surface area contributed by atoms with Crippen LogP contribution in [-0.2, 0) is 42.9 Å². The molecule has 1 unspecified atom stereocenters. The third-order valence-corrected chi connectivity index (χ3v) is 7.53. The Hall–Kier alpha value is -3.57. The SMILES string of the molecule is CC(=O)OC[C@H]1O[C@@H](Oc2cc3c(c4ccccc24)C(CCl)CN3C(C)C)[C@H](OC(C)=O)[C@@H](OC(C)=O)[C@H]1OC(C)=O. The zero-order valence-electron chi connectivity index (χ0n) is 24.5. The molecule has 0 radical (unpaired) electrons. The molecule has 0 aliphatic carbocycles. The largest absolute Gasteiger partial charge is 0.463 e. The first-order valence-electron chi connectivity index (χ1n) is 13.8. The van der Waals surface area contributed by atoms with Gasteiger partial charge in [0.2, 0.25) is 12.4 Å². The molecule has 228 valence electrons. The van der Waals surface area contributed by atoms with E-state index in [4.69, 9.17) is 40.0 Å². The minimum atomic E-state index is -1.34. The van der Waals surface area contributed by atoms with E-state index < -0.39 is 54.6 Å². The summed E-state index contributed by atoms with van der Waals surface area (Å²) in [5.41, 5.74) is 2.07. The number of rotatable bonds is 9. The lowest BCUT2D eigenvalue weighted by Crippen LogP contribution is -2.63. The number of hydrogen-bond acceptors (Lipinski definition) is 11. The van der Waals surface area contributed by atoms with Crippen molar-refractivity contribution >= 4 is 51.9 Å². The van der Waals surface area contributed by atoms with Crippen LogP contribution in [0, 0.1) is 0 Å². The summed E-state index contributed by atoms with van der Waals surface area (Å²) in [4.78, 5) is 50.4. The molecule has 4 rings (SSSR count). The second kappa shape index (κ2) is 13.2. The summed E-state index contributed by atoms with van der Waals surface area (Å²) in [5, 5.41) is 1.72. The summed E-state index contributed by atoms with van der Waals surface area (Å²) in [6, 6.07) is 9.79. The van der Waals surface area contributed by atoms with Crippen LogP contribution in [-0.4, -0.2) is 79.7 Å². The van der Waals surface area contributed by atoms with Crippen LogP contribution in [0.15, 0.2) is 30.3 Å². The summed E-state index contributed by atoms with van der Waals surface area (Å²) in [6.45, 7) is 9.32. The molecule has 0 spiro atoms. The van der Waals surface area contributed by atoms with Crippen molar-refractivity contribution in [2.24, 2.45) is 0 Å². The smallest absolute Gasteiger partial charge is 0.303 e. The number of ether oxygens (including phenoxy) is 6. The summed E-state index contributed by atoms with van der Waals surface area (Å²) in [7, 11) is 0. The standard InChI is InChI=1S/C30H36ClNO10/c1-15(2)32-13-20(12-31)26-22-10-8-7-9-21(22)24(11-23(26)32)41-30-29(40-19(6)36)28(39-18(5)35)27(38-17(4)34)25(42-30)14-37-16(3)33/h7-11,15,20,25,27-30H,12-14H2,1-6H3/t20?,25-,27+,28+,29-,30-/m1/s1. The fraction of sp³-hybridized carbons (Fsp3) is 0.533. The molecule has 2 heterocycles. The number of carbonyl (C=O) groups excluding carboxylic acids is 4. The number of nitrogens with zero attached hydrogens (tertiary/aromatic N) is 1. The number of esters is 4. The van der Waals surface area contributed by atoms with Gasteiger partial charge in [-0.15, -0.1) is 11.6 Å². The van der Waals surface area contributed by atoms with E-state index in [9.17, 15) is 19.2 Å². The Balaban J connectivity index is 1.83. The summed E-state index contributed by atoms with van der Waals surface area (Å²) >= 11 is 6.40. The van der Waals surface area contributed by atoms with Gasteiger partial charge in [-0.25, -0.2) is 0 Å². The lowest BCUT2D eigenvalue weighted by molar-refractivity contribution is -0.288. The second-order valence-corrected chi connectivity index (χ2v) is 10.9. The summed E-state index contributed by atoms with van der Waals surface area (Å²) < 4.78 is 34.4. The van der Waals surface area contributed by atoms with Crippen molar-refractivity contribution in [3.63, 3.8) is 0 Å². The third-order valence-electron chi connectivity index (χ3n) is 7.16. The van der Waals surface area contributed by atoms with Gasteiger partial charge in [-0.3, -0.25) is 19.2 Å². The second-order valence-electron chi connectivity index (χ2n) is 10.6. The first-order valence-corrected chi connectivity index (χ1v) is 14.3. The monoisotopic (exact) mass is 605 g/mol. The van der Waals surface area contributed by atoms with E-state index in [0.717, 1.165) is 28.6 Å². The molecule has 2 aromatic rings. The van der Waals surface area contributed by atoms with Crippen molar-refractivity contribution < 1.29 is 47.6 Å². The van der Waals surface area contributed by atoms with E-state index in [1.165, 1.54) is 27.7 Å². The number of alkyl halides is 1. The number of fused-ring (bicyclic) bond motifs is 3. The number of carbonyl (C=O) groups is 4. The van der Waals surface area contributed by atoms with E-state index in [1.54, 1.807) is 0 Å². The van der Waals surface area contributed by atoms with E-state index in [0.29, 0.717) is 11.6 Å². The van der Waals surface area contributed by atoms with Gasteiger partial charge >= 0.3 is 23.9 Å². The Labute approximate surface area is 249 Å². The van der Waals surface area contributed by atoms with Crippen LogP contribution in [0.4, 0.5) is 5.69 Å². The molecule has 0 N–H and O–H groups in total. The normalized spacial score (nSPS) is 25.1. The van der Waals surface area contributed by atoms with E-state index in [-0.39, 0.29) is 18.6 Å². The van der Waals surface area contributed by atoms with Gasteiger partial charge in [0.1, 0.15) is 18.5 Å². The van der Waals surface area contributed by atoms with Gasteiger partial charge in [-0.2, -0.15) is 0 Å². The maximum Gasteiger partial charge on any atom is 0.303 e. The fourth-order valence-electron chi connectivity index (χ4n) is 5.57. The van der Waals surface area contributed by atoms with Crippen LogP contribution in [0.1, 0.15) is 53.0 Å². The van der Waals surface area contributed by atoms with Crippen LogP contribution in [0.5, 0.6) is 5.75 Å². The van der Waals surface area contributed by atoms with Crippen molar-refractivity contribution in [2.45, 2.75) is 84.2 Å². The summed E-state index contributed by atoms with van der Waals surface area (Å²) in [6.07, 6.45) is -6.40. The average molecular weight is 606 g/mol. The molecule has 1 fully saturated rings. The Morgan fingerprint density at radius 3 is 2.07 bits per heavy atom. The van der Waals surface area contributed by atoms with Crippen molar-refractivity contribution in [1.29, 1.82) is 0 Å². The number of anilines is 1. The molecule has 2 aliphatic heterocycles. The van der Waals surface area contributed by atoms with E-state index in [1.807, 2.05) is 30.3 Å². The topological polar surface area (TPSA) is 127 Å². The molecule has 12 heteroatoms. The highest BCUT2D eigenvalue weighted by molar-refractivity contribution is 6.18. The molecular formula is C30H36ClNO10. The van der Waals surface area contributed by atoms with Gasteiger partial charge in [0.15, 0.2) is 12.2 Å². The molecule has 2 aliphatic rings. The molecule has 0 aromatic heterocycles. The van der Waals surface area contributed by atoms with Crippen molar-refractivity contribution in [3.8, 4) is 5.75 Å². The molecular weight excluding hydrogens is 570 g/mol. The van der Waals surface area contributed by atoms with Gasteiger partial charge in [0.05, 0.1) is 0 Å². The third kappa shape index (κ3) is 6.73. The number of halogens is 1. The van der Waals surface area contributed by atoms with Crippen LogP contribution in [0.25, 0.3) is 10.8 Å². The fourth-order valence-corrected chi connectivity index (χ4v) is 5.82. The highest BCUT2D eigenvalue weighted by atomic mass is 35.5. The predicted octanol–water partition coefficient (Wildman–Crippen LogP) is 3.85. The number of benzene rings is 2. The van der Waals surface area contributed by atoms with Gasteiger partial charge in [-0.1, -0.05) is 24.3 Å². The molecule has 0 amide bonds. The lowest BCUT2D eigenvalue weighted by Gasteiger charge is -2.44. The van der Waals surface area contributed by atoms with Crippen molar-refractivity contribution in [1.82, 2.24) is 0 Å². The predicted molar refractivity (Wildman–Crippen MR) is 152 cm³/mol. The van der Waals surface area contributed by atoms with Crippen LogP contribution >= 0.6 is 11.6 Å². The quantitative estimate of drug-likeness (QED) is 0.235. The van der Waals surface area contributed by atoms with Crippen LogP contribution < -0.4 is 9.64 Å². The maximum absolute atomic E-state index is 12.2. The molecule has 1 saturated heterocycles. The van der Waals surface area contributed by atoms with E-state index >= 15 is 0 Å². The minimum Gasteiger partial charge on any atom is -0.463 e. The maximum atomic E-state index is 12.2. The molecule has 42 heavy (non-hydrogen) atoms. The molecule has 2 aromatic carbocycles. The Morgan fingerprint density at radius 2 is 1.50 bits per heavy atom. The zero-order chi connectivity index (χ0) is 30.7. The highest BCUT2D eigenvalue weighted by Gasteiger charge is 2.53. The molecule has 6 atom stereocenters.